The monoisotopic (exact) mass is 233 g/mol. The molecule has 1 unspecified atom stereocenters. The molecule has 2 rings (SSSR count). The largest absolute Gasteiger partial charge is 0.466 e. The number of hydrogen-bond donors (Lipinski definition) is 0. The maximum Gasteiger partial charge on any atom is 0.310 e. The van der Waals surface area contributed by atoms with Crippen LogP contribution in [0.25, 0.3) is 11.0 Å². The van der Waals surface area contributed by atoms with Gasteiger partial charge in [0.15, 0.2) is 0 Å². The summed E-state index contributed by atoms with van der Waals surface area (Å²) in [5, 5.41) is 8.07. The van der Waals surface area contributed by atoms with Gasteiger partial charge >= 0.3 is 5.97 Å². The molecule has 0 radical (unpaired) electrons. The number of fused-ring (bicyclic) bond motifs is 1. The summed E-state index contributed by atoms with van der Waals surface area (Å²) in [5.41, 5.74) is 1.77. The van der Waals surface area contributed by atoms with Crippen LogP contribution in [0.3, 0.4) is 0 Å². The molecular weight excluding hydrogens is 218 g/mol. The third-order valence-electron chi connectivity index (χ3n) is 2.56. The predicted molar refractivity (Wildman–Crippen MR) is 63.3 cm³/mol. The number of carbonyl (C=O) groups excluding carboxylic acids is 1. The lowest BCUT2D eigenvalue weighted by atomic mass is 10.2. The maximum absolute atomic E-state index is 11.5. The lowest BCUT2D eigenvalue weighted by Gasteiger charge is -2.10. The molecule has 0 aliphatic rings. The van der Waals surface area contributed by atoms with E-state index in [-0.39, 0.29) is 11.9 Å². The molecule has 0 aliphatic heterocycles. The van der Waals surface area contributed by atoms with Crippen LogP contribution in [0.5, 0.6) is 0 Å². The van der Waals surface area contributed by atoms with E-state index in [1.54, 1.807) is 11.6 Å². The van der Waals surface area contributed by atoms with Crippen molar-refractivity contribution < 1.29 is 9.53 Å². The van der Waals surface area contributed by atoms with Crippen LogP contribution in [0.2, 0.25) is 0 Å². The van der Waals surface area contributed by atoms with Crippen LogP contribution >= 0.6 is 0 Å². The van der Waals surface area contributed by atoms with Gasteiger partial charge in [-0.25, -0.2) is 4.68 Å². The highest BCUT2D eigenvalue weighted by molar-refractivity contribution is 5.75. The fourth-order valence-corrected chi connectivity index (χ4v) is 1.67. The molecule has 0 saturated carbocycles. The van der Waals surface area contributed by atoms with Gasteiger partial charge in [0.25, 0.3) is 0 Å². The Labute approximate surface area is 99.4 Å². The summed E-state index contributed by atoms with van der Waals surface area (Å²) in [6.07, 6.45) is 0. The van der Waals surface area contributed by atoms with Gasteiger partial charge in [0.2, 0.25) is 0 Å². The summed E-state index contributed by atoms with van der Waals surface area (Å²) in [7, 11) is 0. The van der Waals surface area contributed by atoms with Crippen LogP contribution in [0.15, 0.2) is 24.3 Å². The molecule has 0 saturated heterocycles. The molecule has 0 aliphatic carbocycles. The predicted octanol–water partition coefficient (Wildman–Crippen LogP) is 1.63. The highest BCUT2D eigenvalue weighted by Crippen LogP contribution is 2.12. The van der Waals surface area contributed by atoms with E-state index in [2.05, 4.69) is 10.3 Å². The van der Waals surface area contributed by atoms with Gasteiger partial charge in [0.1, 0.15) is 5.52 Å². The minimum atomic E-state index is -0.222. The highest BCUT2D eigenvalue weighted by atomic mass is 16.5. The zero-order chi connectivity index (χ0) is 12.3. The van der Waals surface area contributed by atoms with E-state index in [0.29, 0.717) is 13.2 Å². The van der Waals surface area contributed by atoms with Gasteiger partial charge in [-0.2, -0.15) is 0 Å². The molecule has 0 bridgehead atoms. The van der Waals surface area contributed by atoms with Crippen molar-refractivity contribution in [3.8, 4) is 0 Å². The van der Waals surface area contributed by atoms with Crippen molar-refractivity contribution in [1.29, 1.82) is 0 Å². The van der Waals surface area contributed by atoms with Gasteiger partial charge < -0.3 is 4.74 Å². The Morgan fingerprint density at radius 2 is 2.24 bits per heavy atom. The van der Waals surface area contributed by atoms with E-state index in [9.17, 15) is 4.79 Å². The molecule has 1 atom stereocenters. The summed E-state index contributed by atoms with van der Waals surface area (Å²) < 4.78 is 6.70. The second-order valence-electron chi connectivity index (χ2n) is 3.91. The first kappa shape index (κ1) is 11.6. The van der Waals surface area contributed by atoms with Crippen molar-refractivity contribution in [2.45, 2.75) is 20.4 Å². The van der Waals surface area contributed by atoms with Crippen LogP contribution in [0.1, 0.15) is 13.8 Å². The number of ether oxygens (including phenoxy) is 1. The topological polar surface area (TPSA) is 57.0 Å². The van der Waals surface area contributed by atoms with Gasteiger partial charge in [0.05, 0.1) is 24.6 Å². The Morgan fingerprint density at radius 3 is 3.00 bits per heavy atom. The highest BCUT2D eigenvalue weighted by Gasteiger charge is 2.16. The van der Waals surface area contributed by atoms with E-state index >= 15 is 0 Å². The number of carbonyl (C=O) groups is 1. The number of aromatic nitrogens is 3. The van der Waals surface area contributed by atoms with Crippen molar-refractivity contribution in [3.63, 3.8) is 0 Å². The molecule has 90 valence electrons. The van der Waals surface area contributed by atoms with Gasteiger partial charge in [-0.3, -0.25) is 4.79 Å². The van der Waals surface area contributed by atoms with Crippen molar-refractivity contribution in [3.05, 3.63) is 24.3 Å². The number of hydrogen-bond acceptors (Lipinski definition) is 4. The van der Waals surface area contributed by atoms with Crippen LogP contribution < -0.4 is 0 Å². The second kappa shape index (κ2) is 4.95. The Morgan fingerprint density at radius 1 is 1.47 bits per heavy atom. The first-order chi connectivity index (χ1) is 8.22. The lowest BCUT2D eigenvalue weighted by molar-refractivity contribution is -0.147. The van der Waals surface area contributed by atoms with Crippen molar-refractivity contribution in [2.75, 3.05) is 6.61 Å². The minimum Gasteiger partial charge on any atom is -0.466 e. The Bertz CT molecular complexity index is 521. The fraction of sp³-hybridized carbons (Fsp3) is 0.417. The van der Waals surface area contributed by atoms with E-state index in [1.807, 2.05) is 31.2 Å². The Kier molecular flexibility index (Phi) is 3.37. The molecule has 0 N–H and O–H groups in total. The van der Waals surface area contributed by atoms with E-state index in [0.717, 1.165) is 11.0 Å². The van der Waals surface area contributed by atoms with E-state index < -0.39 is 0 Å². The van der Waals surface area contributed by atoms with E-state index in [4.69, 9.17) is 4.74 Å². The summed E-state index contributed by atoms with van der Waals surface area (Å²) in [6.45, 7) is 4.52. The average molecular weight is 233 g/mol. The lowest BCUT2D eigenvalue weighted by Crippen LogP contribution is -2.20. The molecule has 0 fully saturated rings. The van der Waals surface area contributed by atoms with Gasteiger partial charge in [0, 0.05) is 0 Å². The molecule has 1 aromatic heterocycles. The molecule has 1 aromatic carbocycles. The second-order valence-corrected chi connectivity index (χ2v) is 3.91. The van der Waals surface area contributed by atoms with E-state index in [1.165, 1.54) is 0 Å². The van der Waals surface area contributed by atoms with Crippen molar-refractivity contribution in [2.24, 2.45) is 5.92 Å². The molecule has 2 aromatic rings. The molecule has 17 heavy (non-hydrogen) atoms. The number of para-hydroxylation sites is 1. The Balaban J connectivity index is 2.16. The zero-order valence-electron chi connectivity index (χ0n) is 9.96. The summed E-state index contributed by atoms with van der Waals surface area (Å²) >= 11 is 0. The van der Waals surface area contributed by atoms with Crippen LogP contribution in [0, 0.1) is 5.92 Å². The third-order valence-corrected chi connectivity index (χ3v) is 2.56. The molecule has 0 amide bonds. The SMILES string of the molecule is CCOC(=O)C(C)Cn1nnc2ccccc21. The number of nitrogens with zero attached hydrogens (tertiary/aromatic N) is 3. The first-order valence-electron chi connectivity index (χ1n) is 5.67. The third kappa shape index (κ3) is 2.43. The molecule has 5 nitrogen and oxygen atoms in total. The number of esters is 1. The Hall–Kier alpha value is -1.91. The summed E-state index contributed by atoms with van der Waals surface area (Å²) in [5.74, 6) is -0.424. The maximum atomic E-state index is 11.5. The minimum absolute atomic E-state index is 0.202. The summed E-state index contributed by atoms with van der Waals surface area (Å²) in [6, 6.07) is 7.68. The fourth-order valence-electron chi connectivity index (χ4n) is 1.67. The first-order valence-corrected chi connectivity index (χ1v) is 5.67. The molecule has 1 heterocycles. The van der Waals surface area contributed by atoms with Gasteiger partial charge in [-0.15, -0.1) is 5.10 Å². The smallest absolute Gasteiger partial charge is 0.310 e. The quantitative estimate of drug-likeness (QED) is 0.753. The zero-order valence-corrected chi connectivity index (χ0v) is 9.96. The van der Waals surface area contributed by atoms with Crippen molar-refractivity contribution >= 4 is 17.0 Å². The van der Waals surface area contributed by atoms with Crippen LogP contribution in [-0.2, 0) is 16.1 Å². The molecule has 5 heteroatoms. The molecular formula is C12H15N3O2. The van der Waals surface area contributed by atoms with Gasteiger partial charge in [-0.05, 0) is 19.1 Å². The standard InChI is InChI=1S/C12H15N3O2/c1-3-17-12(16)9(2)8-15-11-7-5-4-6-10(11)13-14-15/h4-7,9H,3,8H2,1-2H3. The molecule has 0 spiro atoms. The van der Waals surface area contributed by atoms with Crippen LogP contribution in [-0.4, -0.2) is 27.6 Å². The van der Waals surface area contributed by atoms with Crippen molar-refractivity contribution in [1.82, 2.24) is 15.0 Å². The van der Waals surface area contributed by atoms with Gasteiger partial charge in [-0.1, -0.05) is 24.3 Å². The number of benzene rings is 1. The van der Waals surface area contributed by atoms with Crippen LogP contribution in [0.4, 0.5) is 0 Å². The normalized spacial score (nSPS) is 12.6. The summed E-state index contributed by atoms with van der Waals surface area (Å²) in [4.78, 5) is 11.5. The number of rotatable bonds is 4. The average Bonchev–Trinajstić information content (AvgIpc) is 2.73.